The zero-order chi connectivity index (χ0) is 19.7. The highest BCUT2D eigenvalue weighted by molar-refractivity contribution is 6.07. The molecule has 0 unspecified atom stereocenters. The van der Waals surface area contributed by atoms with E-state index in [0.29, 0.717) is 32.5 Å². The zero-order valence-corrected chi connectivity index (χ0v) is 16.6. The number of hydrogen-bond donors (Lipinski definition) is 0. The fourth-order valence-corrected chi connectivity index (χ4v) is 4.49. The van der Waals surface area contributed by atoms with E-state index < -0.39 is 5.54 Å². The van der Waals surface area contributed by atoms with Gasteiger partial charge in [0.15, 0.2) is 0 Å². The minimum atomic E-state index is -0.729. The third-order valence-corrected chi connectivity index (χ3v) is 6.16. The van der Waals surface area contributed by atoms with E-state index in [1.165, 1.54) is 4.90 Å². The number of rotatable bonds is 5. The summed E-state index contributed by atoms with van der Waals surface area (Å²) in [6, 6.07) is 13.9. The summed E-state index contributed by atoms with van der Waals surface area (Å²) in [5.74, 6) is -0.0605. The molecule has 0 aliphatic carbocycles. The van der Waals surface area contributed by atoms with Crippen LogP contribution in [-0.4, -0.2) is 72.6 Å². The first kappa shape index (κ1) is 18.9. The third kappa shape index (κ3) is 3.06. The molecule has 6 heteroatoms. The quantitative estimate of drug-likeness (QED) is 0.748. The highest BCUT2D eigenvalue weighted by Gasteiger charge is 2.57. The van der Waals surface area contributed by atoms with Crippen molar-refractivity contribution in [1.29, 1.82) is 0 Å². The largest absolute Gasteiger partial charge is 0.383 e. The van der Waals surface area contributed by atoms with Crippen molar-refractivity contribution in [2.75, 3.05) is 40.4 Å². The predicted molar refractivity (Wildman–Crippen MR) is 108 cm³/mol. The first-order valence-corrected chi connectivity index (χ1v) is 9.84. The number of imide groups is 1. The molecule has 2 aliphatic heterocycles. The number of ether oxygens (including phenoxy) is 1. The number of fused-ring (bicyclic) bond motifs is 1. The van der Waals surface area contributed by atoms with E-state index in [4.69, 9.17) is 4.74 Å². The van der Waals surface area contributed by atoms with Gasteiger partial charge >= 0.3 is 6.03 Å². The molecule has 0 radical (unpaired) electrons. The maximum absolute atomic E-state index is 13.5. The molecule has 28 heavy (non-hydrogen) atoms. The highest BCUT2D eigenvalue weighted by Crippen LogP contribution is 2.38. The molecule has 0 bridgehead atoms. The summed E-state index contributed by atoms with van der Waals surface area (Å²) >= 11 is 0. The number of hydrogen-bond acceptors (Lipinski definition) is 4. The number of carbonyl (C=O) groups is 2. The molecular formula is C22H27N3O3. The molecule has 2 aromatic rings. The van der Waals surface area contributed by atoms with E-state index in [2.05, 4.69) is 24.1 Å². The normalized spacial score (nSPS) is 19.9. The van der Waals surface area contributed by atoms with Gasteiger partial charge in [-0.2, -0.15) is 0 Å². The van der Waals surface area contributed by atoms with Crippen LogP contribution < -0.4 is 0 Å². The SMILES string of the molecule is COCCN1C(=O)N(Cc2cccc3ccccc23)C(=O)C12CCN(C)CC2. The number of nitrogens with zero attached hydrogens (tertiary/aromatic N) is 3. The maximum atomic E-state index is 13.5. The topological polar surface area (TPSA) is 53.1 Å². The van der Waals surface area contributed by atoms with Crippen molar-refractivity contribution >= 4 is 22.7 Å². The molecule has 4 rings (SSSR count). The Hall–Kier alpha value is -2.44. The summed E-state index contributed by atoms with van der Waals surface area (Å²) in [4.78, 5) is 32.2. The molecule has 2 aliphatic rings. The van der Waals surface area contributed by atoms with Gasteiger partial charge in [-0.1, -0.05) is 42.5 Å². The lowest BCUT2D eigenvalue weighted by molar-refractivity contribution is -0.136. The number of urea groups is 1. The maximum Gasteiger partial charge on any atom is 0.328 e. The minimum absolute atomic E-state index is 0.0605. The Bertz CT molecular complexity index is 884. The summed E-state index contributed by atoms with van der Waals surface area (Å²) in [5, 5.41) is 2.20. The van der Waals surface area contributed by atoms with Crippen LogP contribution in [-0.2, 0) is 16.1 Å². The van der Waals surface area contributed by atoms with E-state index in [1.54, 1.807) is 12.0 Å². The standard InChI is InChI=1S/C22H27N3O3/c1-23-12-10-22(11-13-23)20(26)24(21(27)25(22)14-15-28-2)16-18-8-5-7-17-6-3-4-9-19(17)18/h3-9H,10-16H2,1-2H3. The Morgan fingerprint density at radius 1 is 1.04 bits per heavy atom. The fraction of sp³-hybridized carbons (Fsp3) is 0.455. The van der Waals surface area contributed by atoms with E-state index in [1.807, 2.05) is 30.3 Å². The highest BCUT2D eigenvalue weighted by atomic mass is 16.5. The van der Waals surface area contributed by atoms with Gasteiger partial charge in [-0.05, 0) is 36.2 Å². The third-order valence-electron chi connectivity index (χ3n) is 6.16. The molecule has 3 amide bonds. The molecule has 1 spiro atoms. The molecular weight excluding hydrogens is 354 g/mol. The van der Waals surface area contributed by atoms with Gasteiger partial charge in [-0.25, -0.2) is 4.79 Å². The van der Waals surface area contributed by atoms with Crippen molar-refractivity contribution in [3.8, 4) is 0 Å². The Kier molecular flexibility index (Phi) is 5.08. The van der Waals surface area contributed by atoms with Crippen LogP contribution in [0.25, 0.3) is 10.8 Å². The molecule has 6 nitrogen and oxygen atoms in total. The van der Waals surface area contributed by atoms with Crippen LogP contribution >= 0.6 is 0 Å². The predicted octanol–water partition coefficient (Wildman–Crippen LogP) is 2.71. The van der Waals surface area contributed by atoms with Crippen molar-refractivity contribution < 1.29 is 14.3 Å². The summed E-state index contributed by atoms with van der Waals surface area (Å²) in [6.07, 6.45) is 1.34. The van der Waals surface area contributed by atoms with E-state index >= 15 is 0 Å². The molecule has 2 heterocycles. The zero-order valence-electron chi connectivity index (χ0n) is 16.6. The number of carbonyl (C=O) groups excluding carboxylic acids is 2. The van der Waals surface area contributed by atoms with Gasteiger partial charge in [-0.3, -0.25) is 9.69 Å². The van der Waals surface area contributed by atoms with Gasteiger partial charge in [-0.15, -0.1) is 0 Å². The van der Waals surface area contributed by atoms with Crippen molar-refractivity contribution in [2.45, 2.75) is 24.9 Å². The summed E-state index contributed by atoms with van der Waals surface area (Å²) in [7, 11) is 3.68. The molecule has 0 aromatic heterocycles. The summed E-state index contributed by atoms with van der Waals surface area (Å²) in [5.41, 5.74) is 0.267. The molecule has 148 valence electrons. The number of likely N-dealkylation sites (tertiary alicyclic amines) is 1. The summed E-state index contributed by atoms with van der Waals surface area (Å²) in [6.45, 7) is 2.80. The van der Waals surface area contributed by atoms with Gasteiger partial charge in [0.1, 0.15) is 5.54 Å². The first-order valence-electron chi connectivity index (χ1n) is 9.84. The smallest absolute Gasteiger partial charge is 0.328 e. The van der Waals surface area contributed by atoms with Gasteiger partial charge in [0.25, 0.3) is 5.91 Å². The van der Waals surface area contributed by atoms with Crippen molar-refractivity contribution in [2.24, 2.45) is 0 Å². The van der Waals surface area contributed by atoms with Crippen molar-refractivity contribution in [3.05, 3.63) is 48.0 Å². The molecule has 2 saturated heterocycles. The minimum Gasteiger partial charge on any atom is -0.383 e. The van der Waals surface area contributed by atoms with Crippen LogP contribution in [0, 0.1) is 0 Å². The molecule has 2 fully saturated rings. The van der Waals surface area contributed by atoms with Crippen molar-refractivity contribution in [3.63, 3.8) is 0 Å². The Morgan fingerprint density at radius 3 is 2.50 bits per heavy atom. The second-order valence-corrected chi connectivity index (χ2v) is 7.79. The van der Waals surface area contributed by atoms with Crippen LogP contribution in [0.2, 0.25) is 0 Å². The van der Waals surface area contributed by atoms with Gasteiger partial charge < -0.3 is 14.5 Å². The average Bonchev–Trinajstić information content (AvgIpc) is 2.90. The van der Waals surface area contributed by atoms with Crippen LogP contribution in [0.15, 0.2) is 42.5 Å². The van der Waals surface area contributed by atoms with E-state index in [-0.39, 0.29) is 11.9 Å². The molecule has 0 N–H and O–H groups in total. The number of amides is 3. The summed E-state index contributed by atoms with van der Waals surface area (Å²) < 4.78 is 5.22. The van der Waals surface area contributed by atoms with Gasteiger partial charge in [0.05, 0.1) is 13.2 Å². The number of methoxy groups -OCH3 is 1. The number of piperidine rings is 1. The van der Waals surface area contributed by atoms with Gasteiger partial charge in [0, 0.05) is 26.7 Å². The lowest BCUT2D eigenvalue weighted by Gasteiger charge is -2.41. The molecule has 0 saturated carbocycles. The molecule has 0 atom stereocenters. The van der Waals surface area contributed by atoms with Gasteiger partial charge in [0.2, 0.25) is 0 Å². The fourth-order valence-electron chi connectivity index (χ4n) is 4.49. The van der Waals surface area contributed by atoms with Crippen molar-refractivity contribution in [1.82, 2.24) is 14.7 Å². The lowest BCUT2D eigenvalue weighted by atomic mass is 9.86. The first-order chi connectivity index (χ1) is 13.6. The Balaban J connectivity index is 1.67. The number of benzene rings is 2. The second kappa shape index (κ2) is 7.53. The Labute approximate surface area is 165 Å². The van der Waals surface area contributed by atoms with Crippen LogP contribution in [0.1, 0.15) is 18.4 Å². The van der Waals surface area contributed by atoms with Crippen LogP contribution in [0.3, 0.4) is 0 Å². The Morgan fingerprint density at radius 2 is 1.75 bits per heavy atom. The molecule has 2 aromatic carbocycles. The lowest BCUT2D eigenvalue weighted by Crippen LogP contribution is -2.56. The average molecular weight is 381 g/mol. The van der Waals surface area contributed by atoms with E-state index in [0.717, 1.165) is 29.4 Å². The second-order valence-electron chi connectivity index (χ2n) is 7.79. The van der Waals surface area contributed by atoms with Crippen LogP contribution in [0.4, 0.5) is 4.79 Å². The van der Waals surface area contributed by atoms with E-state index in [9.17, 15) is 9.59 Å². The van der Waals surface area contributed by atoms with Crippen LogP contribution in [0.5, 0.6) is 0 Å². The monoisotopic (exact) mass is 381 g/mol.